The van der Waals surface area contributed by atoms with E-state index in [9.17, 15) is 5.21 Å². The molecule has 0 bridgehead atoms. The molecule has 0 saturated heterocycles. The molecule has 0 heterocycles. The maximum absolute atomic E-state index is 11.9. The van der Waals surface area contributed by atoms with Crippen molar-refractivity contribution in [2.24, 2.45) is 0 Å². The summed E-state index contributed by atoms with van der Waals surface area (Å²) >= 11 is 0. The fraction of sp³-hybridized carbons (Fsp3) is 0.294. The lowest BCUT2D eigenvalue weighted by Gasteiger charge is -2.39. The number of likely N-dealkylation sites (N-methyl/N-ethyl adjacent to an activating group) is 1. The van der Waals surface area contributed by atoms with E-state index in [1.807, 2.05) is 43.3 Å². The van der Waals surface area contributed by atoms with Crippen molar-refractivity contribution in [3.05, 3.63) is 77.0 Å². The van der Waals surface area contributed by atoms with E-state index in [4.69, 9.17) is 0 Å². The Bertz CT molecular complexity index is 456. The predicted molar refractivity (Wildman–Crippen MR) is 80.0 cm³/mol. The van der Waals surface area contributed by atoms with Crippen LogP contribution in [-0.2, 0) is 5.41 Å². The number of nitrogens with zero attached hydrogens (tertiary/aromatic N) is 1. The van der Waals surface area contributed by atoms with Crippen molar-refractivity contribution >= 4 is 0 Å². The largest absolute Gasteiger partial charge is 0.785 e. The van der Waals surface area contributed by atoms with E-state index in [0.29, 0.717) is 13.1 Å². The lowest BCUT2D eigenvalue weighted by molar-refractivity contribution is 0.326. The van der Waals surface area contributed by atoms with Gasteiger partial charge in [0, 0.05) is 5.41 Å². The molecule has 0 saturated carbocycles. The van der Waals surface area contributed by atoms with Crippen LogP contribution in [0.1, 0.15) is 25.0 Å². The zero-order valence-corrected chi connectivity index (χ0v) is 11.5. The Kier molecular flexibility index (Phi) is 4.35. The van der Waals surface area contributed by atoms with Crippen molar-refractivity contribution in [2.75, 3.05) is 13.1 Å². The van der Waals surface area contributed by atoms with Gasteiger partial charge in [-0.3, -0.25) is 0 Å². The molecule has 100 valence electrons. The standard InChI is InChI=1S/C17H20NO/c1-3-18(19)14-17(2,15-10-6-4-7-11-15)16-12-8-5-9-13-16/h4-13H,3,14H2,1-2H3/q-1. The molecule has 0 radical (unpaired) electrons. The molecule has 0 spiro atoms. The fourth-order valence-corrected chi connectivity index (χ4v) is 2.43. The molecule has 2 rings (SSSR count). The Labute approximate surface area is 115 Å². The Morgan fingerprint density at radius 1 is 0.895 bits per heavy atom. The molecule has 0 aromatic heterocycles. The highest BCUT2D eigenvalue weighted by atomic mass is 16.5. The van der Waals surface area contributed by atoms with Gasteiger partial charge < -0.3 is 10.3 Å². The topological polar surface area (TPSA) is 26.3 Å². The highest BCUT2D eigenvalue weighted by Crippen LogP contribution is 2.32. The molecule has 0 unspecified atom stereocenters. The van der Waals surface area contributed by atoms with E-state index in [-0.39, 0.29) is 5.41 Å². The summed E-state index contributed by atoms with van der Waals surface area (Å²) in [5.74, 6) is 0. The lowest BCUT2D eigenvalue weighted by Crippen LogP contribution is -2.37. The van der Waals surface area contributed by atoms with Gasteiger partial charge in [-0.15, -0.1) is 0 Å². The van der Waals surface area contributed by atoms with Gasteiger partial charge in [0.2, 0.25) is 0 Å². The summed E-state index contributed by atoms with van der Waals surface area (Å²) in [5, 5.41) is 13.0. The molecular weight excluding hydrogens is 234 g/mol. The van der Waals surface area contributed by atoms with Crippen LogP contribution in [0, 0.1) is 5.21 Å². The quantitative estimate of drug-likeness (QED) is 0.758. The maximum atomic E-state index is 11.9. The molecule has 0 fully saturated rings. The zero-order chi connectivity index (χ0) is 13.7. The molecule has 2 heteroatoms. The average molecular weight is 254 g/mol. The Balaban J connectivity index is 2.44. The smallest absolute Gasteiger partial charge is 0.0292 e. The minimum Gasteiger partial charge on any atom is -0.785 e. The van der Waals surface area contributed by atoms with Gasteiger partial charge in [-0.05, 0) is 24.2 Å². The van der Waals surface area contributed by atoms with E-state index in [1.165, 1.54) is 11.1 Å². The van der Waals surface area contributed by atoms with E-state index in [0.717, 1.165) is 5.06 Å². The van der Waals surface area contributed by atoms with Gasteiger partial charge in [0.1, 0.15) is 0 Å². The van der Waals surface area contributed by atoms with E-state index >= 15 is 0 Å². The Hall–Kier alpha value is -1.64. The third kappa shape index (κ3) is 3.03. The molecule has 0 aliphatic carbocycles. The lowest BCUT2D eigenvalue weighted by atomic mass is 9.76. The molecule has 0 aliphatic heterocycles. The number of rotatable bonds is 5. The molecule has 0 amide bonds. The Morgan fingerprint density at radius 3 is 1.68 bits per heavy atom. The average Bonchev–Trinajstić information content (AvgIpc) is 2.48. The van der Waals surface area contributed by atoms with Crippen molar-refractivity contribution in [3.8, 4) is 0 Å². The number of hydroxylamine groups is 2. The summed E-state index contributed by atoms with van der Waals surface area (Å²) in [6.07, 6.45) is 0. The van der Waals surface area contributed by atoms with Crippen molar-refractivity contribution in [2.45, 2.75) is 19.3 Å². The first-order valence-electron chi connectivity index (χ1n) is 6.70. The first-order valence-corrected chi connectivity index (χ1v) is 6.70. The summed E-state index contributed by atoms with van der Waals surface area (Å²) < 4.78 is 0. The van der Waals surface area contributed by atoms with Crippen LogP contribution in [0.5, 0.6) is 0 Å². The fourth-order valence-electron chi connectivity index (χ4n) is 2.43. The normalized spacial score (nSPS) is 11.8. The molecule has 19 heavy (non-hydrogen) atoms. The highest BCUT2D eigenvalue weighted by molar-refractivity contribution is 5.38. The molecule has 2 nitrogen and oxygen atoms in total. The third-order valence-electron chi connectivity index (χ3n) is 3.67. The van der Waals surface area contributed by atoms with Crippen molar-refractivity contribution in [1.29, 1.82) is 0 Å². The Morgan fingerprint density at radius 2 is 1.32 bits per heavy atom. The van der Waals surface area contributed by atoms with Gasteiger partial charge in [-0.1, -0.05) is 74.5 Å². The van der Waals surface area contributed by atoms with Gasteiger partial charge in [0.25, 0.3) is 0 Å². The third-order valence-corrected chi connectivity index (χ3v) is 3.67. The van der Waals surface area contributed by atoms with Gasteiger partial charge in [0.05, 0.1) is 0 Å². The van der Waals surface area contributed by atoms with Crippen molar-refractivity contribution in [1.82, 2.24) is 5.06 Å². The first-order chi connectivity index (χ1) is 9.16. The number of hydrogen-bond donors (Lipinski definition) is 0. The minimum absolute atomic E-state index is 0.277. The van der Waals surface area contributed by atoms with Crippen LogP contribution < -0.4 is 0 Å². The highest BCUT2D eigenvalue weighted by Gasteiger charge is 2.28. The summed E-state index contributed by atoms with van der Waals surface area (Å²) in [7, 11) is 0. The van der Waals surface area contributed by atoms with E-state index in [1.54, 1.807) is 0 Å². The van der Waals surface area contributed by atoms with Crippen LogP contribution in [0.4, 0.5) is 0 Å². The first kappa shape index (κ1) is 13.8. The molecule has 0 N–H and O–H groups in total. The van der Waals surface area contributed by atoms with Gasteiger partial charge in [0.15, 0.2) is 0 Å². The van der Waals surface area contributed by atoms with Crippen LogP contribution >= 0.6 is 0 Å². The summed E-state index contributed by atoms with van der Waals surface area (Å²) in [5.41, 5.74) is 2.08. The van der Waals surface area contributed by atoms with Crippen molar-refractivity contribution < 1.29 is 0 Å². The van der Waals surface area contributed by atoms with Crippen LogP contribution in [0.25, 0.3) is 0 Å². The van der Waals surface area contributed by atoms with Gasteiger partial charge in [-0.25, -0.2) is 0 Å². The summed E-state index contributed by atoms with van der Waals surface area (Å²) in [4.78, 5) is 0. The summed E-state index contributed by atoms with van der Waals surface area (Å²) in [6.45, 7) is 5.01. The molecule has 0 atom stereocenters. The second-order valence-electron chi connectivity index (χ2n) is 5.02. The SMILES string of the molecule is CCN([O-])CC(C)(c1ccccc1)c1ccccc1. The second-order valence-corrected chi connectivity index (χ2v) is 5.02. The second kappa shape index (κ2) is 6.00. The van der Waals surface area contributed by atoms with Crippen LogP contribution in [-0.4, -0.2) is 18.2 Å². The number of benzene rings is 2. The molecule has 2 aromatic rings. The van der Waals surface area contributed by atoms with Crippen LogP contribution in [0.15, 0.2) is 60.7 Å². The van der Waals surface area contributed by atoms with Crippen LogP contribution in [0.2, 0.25) is 0 Å². The van der Waals surface area contributed by atoms with E-state index < -0.39 is 0 Å². The zero-order valence-electron chi connectivity index (χ0n) is 11.5. The molecular formula is C17H20NO-. The van der Waals surface area contributed by atoms with E-state index in [2.05, 4.69) is 31.2 Å². The van der Waals surface area contributed by atoms with Gasteiger partial charge in [-0.2, -0.15) is 0 Å². The minimum atomic E-state index is -0.277. The van der Waals surface area contributed by atoms with Gasteiger partial charge >= 0.3 is 0 Å². The number of hydrogen-bond acceptors (Lipinski definition) is 2. The maximum Gasteiger partial charge on any atom is 0.0292 e. The van der Waals surface area contributed by atoms with Crippen molar-refractivity contribution in [3.63, 3.8) is 0 Å². The molecule has 2 aromatic carbocycles. The summed E-state index contributed by atoms with van der Waals surface area (Å²) in [6, 6.07) is 20.5. The predicted octanol–water partition coefficient (Wildman–Crippen LogP) is 3.81. The molecule has 0 aliphatic rings. The van der Waals surface area contributed by atoms with Crippen LogP contribution in [0.3, 0.4) is 0 Å². The monoisotopic (exact) mass is 254 g/mol.